The summed E-state index contributed by atoms with van der Waals surface area (Å²) in [6.45, 7) is 3.18. The first-order chi connectivity index (χ1) is 12.5. The number of amides is 2. The van der Waals surface area contributed by atoms with Gasteiger partial charge < -0.3 is 19.5 Å². The molecule has 0 unspecified atom stereocenters. The minimum Gasteiger partial charge on any atom is -0.481 e. The van der Waals surface area contributed by atoms with Crippen molar-refractivity contribution in [2.45, 2.75) is 13.0 Å². The number of anilines is 1. The largest absolute Gasteiger partial charge is 0.481 e. The number of fused-ring (bicyclic) bond motifs is 1. The van der Waals surface area contributed by atoms with Gasteiger partial charge in [-0.25, -0.2) is 14.2 Å². The molecule has 0 aliphatic carbocycles. The van der Waals surface area contributed by atoms with Crippen LogP contribution >= 0.6 is 0 Å². The maximum atomic E-state index is 13.5. The van der Waals surface area contributed by atoms with E-state index in [1.54, 1.807) is 42.5 Å². The van der Waals surface area contributed by atoms with Gasteiger partial charge in [-0.15, -0.1) is 0 Å². The van der Waals surface area contributed by atoms with Crippen molar-refractivity contribution in [3.05, 3.63) is 54.1 Å². The molecule has 134 valence electrons. The minimum absolute atomic E-state index is 0.160. The monoisotopic (exact) mass is 354 g/mol. The number of aromatic nitrogens is 2. The Hall–Kier alpha value is -3.09. The van der Waals surface area contributed by atoms with Crippen molar-refractivity contribution >= 4 is 22.6 Å². The minimum atomic E-state index is -0.235. The van der Waals surface area contributed by atoms with Gasteiger partial charge in [0.25, 0.3) is 0 Å². The molecule has 1 saturated heterocycles. The molecular formula is C19H19FN4O2. The Morgan fingerprint density at radius 3 is 2.81 bits per heavy atom. The second kappa shape index (κ2) is 6.33. The molecule has 1 aliphatic rings. The van der Waals surface area contributed by atoms with Crippen molar-refractivity contribution in [3.63, 3.8) is 0 Å². The number of hydrogen-bond donors (Lipinski definition) is 1. The fourth-order valence-corrected chi connectivity index (χ4v) is 3.27. The number of nitrogens with one attached hydrogen (secondary N) is 1. The summed E-state index contributed by atoms with van der Waals surface area (Å²) in [6, 6.07) is 8.30. The molecule has 1 aliphatic heterocycles. The van der Waals surface area contributed by atoms with Crippen molar-refractivity contribution in [2.24, 2.45) is 0 Å². The average Bonchev–Trinajstić information content (AvgIpc) is 2.90. The van der Waals surface area contributed by atoms with E-state index in [-0.39, 0.29) is 17.9 Å². The van der Waals surface area contributed by atoms with Crippen LogP contribution in [0.15, 0.2) is 42.7 Å². The highest BCUT2D eigenvalue weighted by molar-refractivity contribution is 5.90. The molecule has 0 atom stereocenters. The van der Waals surface area contributed by atoms with Gasteiger partial charge in [-0.2, -0.15) is 0 Å². The number of pyridine rings is 1. The fourth-order valence-electron chi connectivity index (χ4n) is 3.27. The Balaban J connectivity index is 1.42. The van der Waals surface area contributed by atoms with Gasteiger partial charge in [-0.1, -0.05) is 0 Å². The Kier molecular flexibility index (Phi) is 3.99. The topological polar surface area (TPSA) is 59.4 Å². The van der Waals surface area contributed by atoms with Crippen LogP contribution in [-0.4, -0.2) is 40.7 Å². The number of hydrogen-bond acceptors (Lipinski definition) is 3. The smallest absolute Gasteiger partial charge is 0.322 e. The number of methoxy groups -OCH3 is 1. The first kappa shape index (κ1) is 16.4. The standard InChI is InChI=1S/C19H19FN4O2/c1-12-9-24(17-5-3-13(20)7-16(12)17)15-10-23(11-15)19(25)22-14-4-6-18(26-2)21-8-14/h3-9,15H,10-11H2,1-2H3,(H,22,25). The molecule has 6 nitrogen and oxygen atoms in total. The lowest BCUT2D eigenvalue weighted by Crippen LogP contribution is -2.52. The van der Waals surface area contributed by atoms with E-state index in [1.165, 1.54) is 6.07 Å². The van der Waals surface area contributed by atoms with Crippen molar-refractivity contribution in [2.75, 3.05) is 25.5 Å². The van der Waals surface area contributed by atoms with Crippen LogP contribution in [0.4, 0.5) is 14.9 Å². The Bertz CT molecular complexity index is 962. The lowest BCUT2D eigenvalue weighted by molar-refractivity contribution is 0.137. The van der Waals surface area contributed by atoms with Gasteiger partial charge in [0.1, 0.15) is 5.82 Å². The highest BCUT2D eigenvalue weighted by Crippen LogP contribution is 2.30. The number of benzene rings is 1. The predicted molar refractivity (Wildman–Crippen MR) is 97.1 cm³/mol. The summed E-state index contributed by atoms with van der Waals surface area (Å²) in [5, 5.41) is 3.74. The number of aryl methyl sites for hydroxylation is 1. The van der Waals surface area contributed by atoms with Crippen molar-refractivity contribution in [1.29, 1.82) is 0 Å². The summed E-state index contributed by atoms with van der Waals surface area (Å²) in [6.07, 6.45) is 3.59. The van der Waals surface area contributed by atoms with E-state index in [0.717, 1.165) is 16.5 Å². The van der Waals surface area contributed by atoms with Gasteiger partial charge in [-0.05, 0) is 36.8 Å². The van der Waals surface area contributed by atoms with Gasteiger partial charge in [0.2, 0.25) is 5.88 Å². The number of halogens is 1. The maximum absolute atomic E-state index is 13.5. The SMILES string of the molecule is COc1ccc(NC(=O)N2CC(n3cc(C)c4cc(F)ccc43)C2)cn1. The highest BCUT2D eigenvalue weighted by atomic mass is 19.1. The summed E-state index contributed by atoms with van der Waals surface area (Å²) < 4.78 is 20.6. The Morgan fingerprint density at radius 2 is 2.12 bits per heavy atom. The van der Waals surface area contributed by atoms with E-state index in [2.05, 4.69) is 14.9 Å². The average molecular weight is 354 g/mol. The molecule has 3 heterocycles. The molecule has 0 spiro atoms. The Labute approximate surface area is 150 Å². The van der Waals surface area contributed by atoms with Crippen LogP contribution in [0, 0.1) is 12.7 Å². The number of nitrogens with zero attached hydrogens (tertiary/aromatic N) is 3. The summed E-state index contributed by atoms with van der Waals surface area (Å²) in [5.74, 6) is 0.263. The number of rotatable bonds is 3. The molecule has 0 saturated carbocycles. The maximum Gasteiger partial charge on any atom is 0.322 e. The number of urea groups is 1. The number of carbonyl (C=O) groups is 1. The van der Waals surface area contributed by atoms with E-state index < -0.39 is 0 Å². The zero-order valence-electron chi connectivity index (χ0n) is 14.6. The molecule has 4 rings (SSSR count). The second-order valence-corrected chi connectivity index (χ2v) is 6.46. The Morgan fingerprint density at radius 1 is 1.31 bits per heavy atom. The molecule has 1 N–H and O–H groups in total. The fraction of sp³-hybridized carbons (Fsp3) is 0.263. The van der Waals surface area contributed by atoms with Gasteiger partial charge in [0.15, 0.2) is 0 Å². The molecule has 7 heteroatoms. The predicted octanol–water partition coefficient (Wildman–Crippen LogP) is 3.58. The number of likely N-dealkylation sites (tertiary alicyclic amines) is 1. The van der Waals surface area contributed by atoms with Gasteiger partial charge in [0.05, 0.1) is 25.0 Å². The van der Waals surface area contributed by atoms with E-state index in [9.17, 15) is 9.18 Å². The second-order valence-electron chi connectivity index (χ2n) is 6.46. The van der Waals surface area contributed by atoms with Crippen LogP contribution in [0.25, 0.3) is 10.9 Å². The first-order valence-corrected chi connectivity index (χ1v) is 8.38. The van der Waals surface area contributed by atoms with E-state index >= 15 is 0 Å². The molecule has 1 fully saturated rings. The zero-order valence-corrected chi connectivity index (χ0v) is 14.6. The molecular weight excluding hydrogens is 335 g/mol. The number of ether oxygens (including phenoxy) is 1. The van der Waals surface area contributed by atoms with Gasteiger partial charge >= 0.3 is 6.03 Å². The third-order valence-electron chi connectivity index (χ3n) is 4.73. The van der Waals surface area contributed by atoms with E-state index in [0.29, 0.717) is 24.7 Å². The third kappa shape index (κ3) is 2.85. The highest BCUT2D eigenvalue weighted by Gasteiger charge is 2.32. The quantitative estimate of drug-likeness (QED) is 0.782. The summed E-state index contributed by atoms with van der Waals surface area (Å²) in [7, 11) is 1.54. The normalized spacial score (nSPS) is 14.3. The van der Waals surface area contributed by atoms with Crippen molar-refractivity contribution < 1.29 is 13.9 Å². The van der Waals surface area contributed by atoms with Gasteiger partial charge in [0, 0.05) is 36.3 Å². The third-order valence-corrected chi connectivity index (χ3v) is 4.73. The van der Waals surface area contributed by atoms with Crippen LogP contribution in [-0.2, 0) is 0 Å². The molecule has 3 aromatic rings. The van der Waals surface area contributed by atoms with Gasteiger partial charge in [-0.3, -0.25) is 0 Å². The van der Waals surface area contributed by atoms with Crippen LogP contribution in [0.2, 0.25) is 0 Å². The molecule has 1 aromatic carbocycles. The molecule has 0 bridgehead atoms. The molecule has 2 aromatic heterocycles. The van der Waals surface area contributed by atoms with Crippen molar-refractivity contribution in [1.82, 2.24) is 14.5 Å². The van der Waals surface area contributed by atoms with Crippen molar-refractivity contribution in [3.8, 4) is 5.88 Å². The molecule has 26 heavy (non-hydrogen) atoms. The molecule has 2 amide bonds. The molecule has 0 radical (unpaired) electrons. The summed E-state index contributed by atoms with van der Waals surface area (Å²) >= 11 is 0. The lowest BCUT2D eigenvalue weighted by atomic mass is 10.1. The van der Waals surface area contributed by atoms with Crippen LogP contribution in [0.5, 0.6) is 5.88 Å². The summed E-state index contributed by atoms with van der Waals surface area (Å²) in [5.41, 5.74) is 2.65. The lowest BCUT2D eigenvalue weighted by Gasteiger charge is -2.40. The number of carbonyl (C=O) groups excluding carboxylic acids is 1. The summed E-state index contributed by atoms with van der Waals surface area (Å²) in [4.78, 5) is 18.1. The van der Waals surface area contributed by atoms with Crippen LogP contribution in [0.1, 0.15) is 11.6 Å². The van der Waals surface area contributed by atoms with E-state index in [4.69, 9.17) is 4.74 Å². The van der Waals surface area contributed by atoms with Crippen LogP contribution in [0.3, 0.4) is 0 Å². The first-order valence-electron chi connectivity index (χ1n) is 8.38. The van der Waals surface area contributed by atoms with Crippen LogP contribution < -0.4 is 10.1 Å². The zero-order chi connectivity index (χ0) is 18.3. The van der Waals surface area contributed by atoms with E-state index in [1.807, 2.05) is 13.1 Å².